The van der Waals surface area contributed by atoms with Gasteiger partial charge in [-0.05, 0) is 36.7 Å². The van der Waals surface area contributed by atoms with Crippen molar-refractivity contribution in [3.63, 3.8) is 0 Å². The summed E-state index contributed by atoms with van der Waals surface area (Å²) in [6, 6.07) is 10.4. The Labute approximate surface area is 146 Å². The molecule has 1 atom stereocenters. The summed E-state index contributed by atoms with van der Waals surface area (Å²) in [5, 5.41) is 21.9. The number of carboxylic acid groups (broad SMARTS) is 1. The standard InChI is InChI=1S/C18H23N3O4/c19-17-7-4-14(11-21-17)16(22)12-20-8-1-9-25-15-5-2-13(3-6-15)10-18(23)24/h2-7,11,16,20,22H,1,8-10,12H2,(H2,19,21)(H,23,24). The van der Waals surface area contributed by atoms with Gasteiger partial charge in [0.1, 0.15) is 11.6 Å². The predicted octanol–water partition coefficient (Wildman–Crippen LogP) is 1.38. The van der Waals surface area contributed by atoms with E-state index in [0.717, 1.165) is 17.5 Å². The van der Waals surface area contributed by atoms with Gasteiger partial charge in [-0.3, -0.25) is 4.79 Å². The van der Waals surface area contributed by atoms with E-state index in [9.17, 15) is 9.90 Å². The van der Waals surface area contributed by atoms with Crippen LogP contribution >= 0.6 is 0 Å². The minimum Gasteiger partial charge on any atom is -0.494 e. The van der Waals surface area contributed by atoms with E-state index in [1.165, 1.54) is 0 Å². The molecule has 1 aromatic carbocycles. The highest BCUT2D eigenvalue weighted by atomic mass is 16.5. The second-order valence-corrected chi connectivity index (χ2v) is 5.65. The van der Waals surface area contributed by atoms with E-state index in [2.05, 4.69) is 10.3 Å². The number of nitrogens with one attached hydrogen (secondary N) is 1. The lowest BCUT2D eigenvalue weighted by Crippen LogP contribution is -2.23. The van der Waals surface area contributed by atoms with E-state index in [1.54, 1.807) is 42.6 Å². The molecule has 1 heterocycles. The lowest BCUT2D eigenvalue weighted by atomic mass is 10.1. The largest absolute Gasteiger partial charge is 0.494 e. The Hall–Kier alpha value is -2.64. The topological polar surface area (TPSA) is 118 Å². The molecule has 0 bridgehead atoms. The molecule has 0 saturated carbocycles. The summed E-state index contributed by atoms with van der Waals surface area (Å²) in [7, 11) is 0. The Morgan fingerprint density at radius 2 is 2.00 bits per heavy atom. The highest BCUT2D eigenvalue weighted by Gasteiger charge is 2.07. The Balaban J connectivity index is 1.60. The number of aliphatic hydroxyl groups excluding tert-OH is 1. The first-order chi connectivity index (χ1) is 12.0. The maximum absolute atomic E-state index is 10.6. The van der Waals surface area contributed by atoms with Crippen LogP contribution in [0.2, 0.25) is 0 Å². The van der Waals surface area contributed by atoms with Crippen molar-refractivity contribution >= 4 is 11.8 Å². The number of nitrogen functional groups attached to an aromatic ring is 1. The number of rotatable bonds is 10. The maximum Gasteiger partial charge on any atom is 0.307 e. The zero-order valence-electron chi connectivity index (χ0n) is 13.9. The molecule has 7 nitrogen and oxygen atoms in total. The van der Waals surface area contributed by atoms with Gasteiger partial charge in [-0.15, -0.1) is 0 Å². The Bertz CT molecular complexity index is 659. The zero-order valence-corrected chi connectivity index (χ0v) is 13.9. The number of benzene rings is 1. The summed E-state index contributed by atoms with van der Waals surface area (Å²) in [6.07, 6.45) is 1.73. The van der Waals surface area contributed by atoms with Crippen LogP contribution in [-0.4, -0.2) is 40.9 Å². The first-order valence-corrected chi connectivity index (χ1v) is 8.08. The third-order valence-corrected chi connectivity index (χ3v) is 3.58. The van der Waals surface area contributed by atoms with Crippen molar-refractivity contribution in [2.75, 3.05) is 25.4 Å². The van der Waals surface area contributed by atoms with E-state index in [0.29, 0.717) is 31.3 Å². The smallest absolute Gasteiger partial charge is 0.307 e. The van der Waals surface area contributed by atoms with Crippen LogP contribution in [0.4, 0.5) is 5.82 Å². The average molecular weight is 345 g/mol. The number of carbonyl (C=O) groups is 1. The normalized spacial score (nSPS) is 11.9. The maximum atomic E-state index is 10.6. The minimum atomic E-state index is -0.850. The van der Waals surface area contributed by atoms with Crippen LogP contribution in [0.25, 0.3) is 0 Å². The molecule has 0 fully saturated rings. The van der Waals surface area contributed by atoms with Gasteiger partial charge in [0.25, 0.3) is 0 Å². The second kappa shape index (κ2) is 9.61. The molecule has 0 saturated heterocycles. The number of aliphatic carboxylic acids is 1. The molecule has 25 heavy (non-hydrogen) atoms. The van der Waals surface area contributed by atoms with Crippen molar-refractivity contribution in [1.82, 2.24) is 10.3 Å². The molecular weight excluding hydrogens is 322 g/mol. The minimum absolute atomic E-state index is 0.00997. The number of carboxylic acids is 1. The van der Waals surface area contributed by atoms with Crippen LogP contribution in [0.1, 0.15) is 23.7 Å². The molecule has 1 unspecified atom stereocenters. The number of pyridine rings is 1. The molecule has 0 radical (unpaired) electrons. The Kier molecular flexibility index (Phi) is 7.18. The number of aromatic nitrogens is 1. The van der Waals surface area contributed by atoms with E-state index in [1.807, 2.05) is 0 Å². The molecule has 5 N–H and O–H groups in total. The van der Waals surface area contributed by atoms with Crippen molar-refractivity contribution in [3.05, 3.63) is 53.7 Å². The molecule has 2 aromatic rings. The molecule has 0 aliphatic carbocycles. The number of nitrogens with two attached hydrogens (primary N) is 1. The molecule has 7 heteroatoms. The monoisotopic (exact) mass is 345 g/mol. The fourth-order valence-corrected chi connectivity index (χ4v) is 2.24. The van der Waals surface area contributed by atoms with Gasteiger partial charge in [-0.1, -0.05) is 18.2 Å². The summed E-state index contributed by atoms with van der Waals surface area (Å²) in [5.41, 5.74) is 6.98. The predicted molar refractivity (Wildman–Crippen MR) is 94.4 cm³/mol. The van der Waals surface area contributed by atoms with Crippen molar-refractivity contribution in [2.45, 2.75) is 18.9 Å². The van der Waals surface area contributed by atoms with Crippen LogP contribution in [0.3, 0.4) is 0 Å². The summed E-state index contributed by atoms with van der Waals surface area (Å²) in [6.45, 7) is 1.66. The number of aliphatic hydroxyl groups is 1. The molecule has 0 spiro atoms. The summed E-state index contributed by atoms with van der Waals surface area (Å²) >= 11 is 0. The van der Waals surface area contributed by atoms with Gasteiger partial charge in [0, 0.05) is 18.3 Å². The molecular formula is C18H23N3O4. The van der Waals surface area contributed by atoms with Gasteiger partial charge in [0.15, 0.2) is 0 Å². The first kappa shape index (κ1) is 18.7. The van der Waals surface area contributed by atoms with Crippen molar-refractivity contribution in [2.24, 2.45) is 0 Å². The molecule has 1 aromatic heterocycles. The molecule has 0 aliphatic heterocycles. The number of anilines is 1. The van der Waals surface area contributed by atoms with Crippen LogP contribution in [0, 0.1) is 0 Å². The highest BCUT2D eigenvalue weighted by Crippen LogP contribution is 2.13. The zero-order chi connectivity index (χ0) is 18.1. The van der Waals surface area contributed by atoms with Gasteiger partial charge in [0.05, 0.1) is 19.1 Å². The van der Waals surface area contributed by atoms with Gasteiger partial charge in [-0.25, -0.2) is 4.98 Å². The van der Waals surface area contributed by atoms with Crippen molar-refractivity contribution in [1.29, 1.82) is 0 Å². The van der Waals surface area contributed by atoms with Gasteiger partial charge < -0.3 is 26.0 Å². The number of ether oxygens (including phenoxy) is 1. The Morgan fingerprint density at radius 1 is 1.24 bits per heavy atom. The van der Waals surface area contributed by atoms with Crippen molar-refractivity contribution in [3.8, 4) is 5.75 Å². The summed E-state index contributed by atoms with van der Waals surface area (Å²) < 4.78 is 5.60. The Morgan fingerprint density at radius 3 is 2.64 bits per heavy atom. The van der Waals surface area contributed by atoms with Crippen LogP contribution in [-0.2, 0) is 11.2 Å². The second-order valence-electron chi connectivity index (χ2n) is 5.65. The highest BCUT2D eigenvalue weighted by molar-refractivity contribution is 5.70. The fraction of sp³-hybridized carbons (Fsp3) is 0.333. The van der Waals surface area contributed by atoms with Crippen LogP contribution in [0.15, 0.2) is 42.6 Å². The van der Waals surface area contributed by atoms with Gasteiger partial charge in [0.2, 0.25) is 0 Å². The molecule has 134 valence electrons. The van der Waals surface area contributed by atoms with Crippen LogP contribution in [0.5, 0.6) is 5.75 Å². The quantitative estimate of drug-likeness (QED) is 0.481. The fourth-order valence-electron chi connectivity index (χ4n) is 2.24. The number of nitrogens with zero attached hydrogens (tertiary/aromatic N) is 1. The third kappa shape index (κ3) is 6.78. The summed E-state index contributed by atoms with van der Waals surface area (Å²) in [5.74, 6) is 0.288. The van der Waals surface area contributed by atoms with E-state index >= 15 is 0 Å². The lowest BCUT2D eigenvalue weighted by Gasteiger charge is -2.12. The van der Waals surface area contributed by atoms with Crippen LogP contribution < -0.4 is 15.8 Å². The van der Waals surface area contributed by atoms with Gasteiger partial charge >= 0.3 is 5.97 Å². The molecule has 2 rings (SSSR count). The molecule has 0 amide bonds. The number of hydrogen-bond donors (Lipinski definition) is 4. The van der Waals surface area contributed by atoms with E-state index in [-0.39, 0.29) is 6.42 Å². The summed E-state index contributed by atoms with van der Waals surface area (Å²) in [4.78, 5) is 14.6. The lowest BCUT2D eigenvalue weighted by molar-refractivity contribution is -0.136. The molecule has 0 aliphatic rings. The van der Waals surface area contributed by atoms with Crippen molar-refractivity contribution < 1.29 is 19.7 Å². The SMILES string of the molecule is Nc1ccc(C(O)CNCCCOc2ccc(CC(=O)O)cc2)cn1. The average Bonchev–Trinajstić information content (AvgIpc) is 2.59. The first-order valence-electron chi connectivity index (χ1n) is 8.08. The van der Waals surface area contributed by atoms with E-state index < -0.39 is 12.1 Å². The third-order valence-electron chi connectivity index (χ3n) is 3.58. The van der Waals surface area contributed by atoms with E-state index in [4.69, 9.17) is 15.6 Å². The van der Waals surface area contributed by atoms with Gasteiger partial charge in [-0.2, -0.15) is 0 Å². The number of hydrogen-bond acceptors (Lipinski definition) is 6.